The first-order valence-electron chi connectivity index (χ1n) is 7.00. The van der Waals surface area contributed by atoms with E-state index < -0.39 is 10.0 Å². The van der Waals surface area contributed by atoms with E-state index in [1.54, 1.807) is 12.3 Å². The molecule has 0 radical (unpaired) electrons. The quantitative estimate of drug-likeness (QED) is 0.793. The van der Waals surface area contributed by atoms with E-state index in [0.29, 0.717) is 24.0 Å². The van der Waals surface area contributed by atoms with Gasteiger partial charge in [-0.1, -0.05) is 12.8 Å². The second-order valence-corrected chi connectivity index (χ2v) is 7.41. The first-order valence-corrected chi connectivity index (χ1v) is 8.49. The Bertz CT molecular complexity index is 556. The number of aromatic nitrogens is 1. The lowest BCUT2D eigenvalue weighted by Gasteiger charge is -2.04. The maximum Gasteiger partial charge on any atom is 0.242 e. The number of hydrogen-bond acceptors (Lipinski definition) is 3. The topological polar surface area (TPSA) is 77.1 Å². The van der Waals surface area contributed by atoms with Crippen LogP contribution in [0, 0.1) is 5.92 Å². The molecule has 0 aliphatic heterocycles. The van der Waals surface area contributed by atoms with Gasteiger partial charge in [0.2, 0.25) is 10.0 Å². The van der Waals surface area contributed by atoms with Crippen LogP contribution in [-0.2, 0) is 16.6 Å². The molecule has 2 aliphatic carbocycles. The van der Waals surface area contributed by atoms with E-state index in [4.69, 9.17) is 5.73 Å². The maximum absolute atomic E-state index is 12.2. The van der Waals surface area contributed by atoms with Gasteiger partial charge in [-0.2, -0.15) is 0 Å². The van der Waals surface area contributed by atoms with Crippen molar-refractivity contribution in [3.05, 3.63) is 18.0 Å². The van der Waals surface area contributed by atoms with Crippen molar-refractivity contribution in [1.29, 1.82) is 0 Å². The smallest absolute Gasteiger partial charge is 0.242 e. The van der Waals surface area contributed by atoms with Crippen LogP contribution in [0.4, 0.5) is 0 Å². The van der Waals surface area contributed by atoms with E-state index in [2.05, 4.69) is 4.72 Å². The van der Waals surface area contributed by atoms with Crippen LogP contribution in [0.3, 0.4) is 0 Å². The first kappa shape index (κ1) is 13.1. The van der Waals surface area contributed by atoms with Crippen LogP contribution in [0.5, 0.6) is 0 Å². The Morgan fingerprint density at radius 3 is 2.63 bits per heavy atom. The fourth-order valence-electron chi connectivity index (χ4n) is 2.39. The SMILES string of the molecule is NCc1cc(S(=O)(=O)NCCC2CC2)cn1C1CC1. The predicted octanol–water partition coefficient (Wildman–Crippen LogP) is 1.36. The second kappa shape index (κ2) is 4.92. The van der Waals surface area contributed by atoms with Crippen molar-refractivity contribution in [2.24, 2.45) is 11.7 Å². The zero-order chi connectivity index (χ0) is 13.5. The van der Waals surface area contributed by atoms with Crippen molar-refractivity contribution < 1.29 is 8.42 Å². The molecule has 6 heteroatoms. The zero-order valence-electron chi connectivity index (χ0n) is 11.0. The summed E-state index contributed by atoms with van der Waals surface area (Å²) in [4.78, 5) is 0.357. The van der Waals surface area contributed by atoms with Gasteiger partial charge in [-0.15, -0.1) is 0 Å². The Kier molecular flexibility index (Phi) is 3.41. The van der Waals surface area contributed by atoms with Gasteiger partial charge in [0.05, 0.1) is 4.90 Å². The summed E-state index contributed by atoms with van der Waals surface area (Å²) in [5.74, 6) is 0.735. The molecule has 1 aromatic heterocycles. The average Bonchev–Trinajstić information content (AvgIpc) is 3.28. The Morgan fingerprint density at radius 2 is 2.05 bits per heavy atom. The third-order valence-corrected chi connectivity index (χ3v) is 5.34. The summed E-state index contributed by atoms with van der Waals surface area (Å²) in [6.07, 6.45) is 7.42. The van der Waals surface area contributed by atoms with Gasteiger partial charge in [0.25, 0.3) is 0 Å². The highest BCUT2D eigenvalue weighted by Crippen LogP contribution is 2.37. The van der Waals surface area contributed by atoms with Crippen molar-refractivity contribution in [1.82, 2.24) is 9.29 Å². The van der Waals surface area contributed by atoms with E-state index in [0.717, 1.165) is 30.9 Å². The molecule has 1 heterocycles. The molecule has 2 saturated carbocycles. The number of nitrogens with two attached hydrogens (primary N) is 1. The minimum Gasteiger partial charge on any atom is -0.346 e. The Hall–Kier alpha value is -0.850. The van der Waals surface area contributed by atoms with Crippen molar-refractivity contribution in [3.8, 4) is 0 Å². The second-order valence-electron chi connectivity index (χ2n) is 5.64. The molecule has 0 spiro atoms. The molecule has 0 saturated heterocycles. The van der Waals surface area contributed by atoms with Gasteiger partial charge in [-0.05, 0) is 31.2 Å². The third-order valence-electron chi connectivity index (χ3n) is 3.91. The van der Waals surface area contributed by atoms with Crippen LogP contribution in [0.25, 0.3) is 0 Å². The van der Waals surface area contributed by atoms with E-state index in [9.17, 15) is 8.42 Å². The highest BCUT2D eigenvalue weighted by Gasteiger charge is 2.28. The lowest BCUT2D eigenvalue weighted by atomic mass is 10.3. The standard InChI is InChI=1S/C13H21N3O2S/c14-8-12-7-13(9-16(12)11-3-4-11)19(17,18)15-6-5-10-1-2-10/h7,9-11,15H,1-6,8,14H2. The molecule has 5 nitrogen and oxygen atoms in total. The van der Waals surface area contributed by atoms with Crippen LogP contribution < -0.4 is 10.5 Å². The summed E-state index contributed by atoms with van der Waals surface area (Å²) in [7, 11) is -3.37. The monoisotopic (exact) mass is 283 g/mol. The molecular formula is C13H21N3O2S. The van der Waals surface area contributed by atoms with E-state index >= 15 is 0 Å². The molecule has 106 valence electrons. The molecule has 0 bridgehead atoms. The summed E-state index contributed by atoms with van der Waals surface area (Å²) in [5.41, 5.74) is 6.59. The summed E-state index contributed by atoms with van der Waals surface area (Å²) >= 11 is 0. The summed E-state index contributed by atoms with van der Waals surface area (Å²) in [6.45, 7) is 0.924. The zero-order valence-corrected chi connectivity index (χ0v) is 11.8. The average molecular weight is 283 g/mol. The number of nitrogens with one attached hydrogen (secondary N) is 1. The minimum atomic E-state index is -3.37. The van der Waals surface area contributed by atoms with Crippen molar-refractivity contribution in [3.63, 3.8) is 0 Å². The number of rotatable bonds is 7. The Balaban J connectivity index is 1.71. The van der Waals surface area contributed by atoms with E-state index in [-0.39, 0.29) is 0 Å². The molecule has 0 atom stereocenters. The first-order chi connectivity index (χ1) is 9.10. The Morgan fingerprint density at radius 1 is 1.32 bits per heavy atom. The Labute approximate surface area is 114 Å². The molecule has 0 aromatic carbocycles. The van der Waals surface area contributed by atoms with Gasteiger partial charge in [0.15, 0.2) is 0 Å². The highest BCUT2D eigenvalue weighted by molar-refractivity contribution is 7.89. The lowest BCUT2D eigenvalue weighted by molar-refractivity contribution is 0.575. The summed E-state index contributed by atoms with van der Waals surface area (Å²) in [6, 6.07) is 2.16. The van der Waals surface area contributed by atoms with E-state index in [1.165, 1.54) is 12.8 Å². The number of hydrogen-bond donors (Lipinski definition) is 2. The minimum absolute atomic E-state index is 0.357. The normalized spacial score (nSPS) is 19.8. The molecule has 2 fully saturated rings. The van der Waals surface area contributed by atoms with E-state index in [1.807, 2.05) is 4.57 Å². The van der Waals surface area contributed by atoms with Gasteiger partial charge in [-0.3, -0.25) is 0 Å². The maximum atomic E-state index is 12.2. The largest absolute Gasteiger partial charge is 0.346 e. The fraction of sp³-hybridized carbons (Fsp3) is 0.692. The molecule has 2 aliphatic rings. The molecule has 0 amide bonds. The molecule has 0 unspecified atom stereocenters. The molecule has 3 rings (SSSR count). The van der Waals surface area contributed by atoms with Crippen LogP contribution in [0.15, 0.2) is 17.2 Å². The van der Waals surface area contributed by atoms with Crippen LogP contribution in [0.2, 0.25) is 0 Å². The van der Waals surface area contributed by atoms with Gasteiger partial charge in [-0.25, -0.2) is 13.1 Å². The van der Waals surface area contributed by atoms with Gasteiger partial charge in [0, 0.05) is 31.0 Å². The number of sulfonamides is 1. The number of nitrogens with zero attached hydrogens (tertiary/aromatic N) is 1. The fourth-order valence-corrected chi connectivity index (χ4v) is 3.48. The van der Waals surface area contributed by atoms with Crippen LogP contribution in [0.1, 0.15) is 43.8 Å². The highest BCUT2D eigenvalue weighted by atomic mass is 32.2. The third kappa shape index (κ3) is 3.01. The molecule has 1 aromatic rings. The van der Waals surface area contributed by atoms with Crippen molar-refractivity contribution >= 4 is 10.0 Å². The lowest BCUT2D eigenvalue weighted by Crippen LogP contribution is -2.24. The summed E-state index contributed by atoms with van der Waals surface area (Å²) in [5, 5.41) is 0. The molecular weight excluding hydrogens is 262 g/mol. The molecule has 3 N–H and O–H groups in total. The van der Waals surface area contributed by atoms with Crippen molar-refractivity contribution in [2.45, 2.75) is 49.6 Å². The van der Waals surface area contributed by atoms with Gasteiger partial charge < -0.3 is 10.3 Å². The summed E-state index contributed by atoms with van der Waals surface area (Å²) < 4.78 is 29.1. The van der Waals surface area contributed by atoms with Crippen LogP contribution in [-0.4, -0.2) is 19.5 Å². The van der Waals surface area contributed by atoms with Gasteiger partial charge in [0.1, 0.15) is 0 Å². The predicted molar refractivity (Wildman–Crippen MR) is 73.1 cm³/mol. The van der Waals surface area contributed by atoms with Crippen molar-refractivity contribution in [2.75, 3.05) is 6.54 Å². The van der Waals surface area contributed by atoms with Crippen LogP contribution >= 0.6 is 0 Å². The van der Waals surface area contributed by atoms with Gasteiger partial charge >= 0.3 is 0 Å². The molecule has 19 heavy (non-hydrogen) atoms.